The molecule has 3 atom stereocenters. The Morgan fingerprint density at radius 2 is 1.94 bits per heavy atom. The number of benzene rings is 1. The van der Waals surface area contributed by atoms with Gasteiger partial charge in [0.25, 0.3) is 5.91 Å². The molecule has 180 valence electrons. The van der Waals surface area contributed by atoms with Crippen molar-refractivity contribution in [3.8, 4) is 5.75 Å². The topological polar surface area (TPSA) is 88.2 Å². The van der Waals surface area contributed by atoms with E-state index in [-0.39, 0.29) is 30.3 Å². The fourth-order valence-corrected chi connectivity index (χ4v) is 5.22. The van der Waals surface area contributed by atoms with Crippen LogP contribution in [0.25, 0.3) is 0 Å². The number of fused-ring (bicyclic) bond motifs is 1. The average Bonchev–Trinajstić information content (AvgIpc) is 3.29. The summed E-state index contributed by atoms with van der Waals surface area (Å²) in [5.74, 6) is -0.182. The van der Waals surface area contributed by atoms with Crippen LogP contribution in [-0.4, -0.2) is 60.0 Å². The second-order valence-electron chi connectivity index (χ2n) is 9.72. The zero-order valence-corrected chi connectivity index (χ0v) is 19.8. The number of hydroxylamine groups is 2. The molecular formula is C25H35N3O5. The Labute approximate surface area is 195 Å². The molecule has 2 heterocycles. The van der Waals surface area contributed by atoms with Gasteiger partial charge in [-0.3, -0.25) is 24.1 Å². The predicted octanol–water partition coefficient (Wildman–Crippen LogP) is 2.83. The highest BCUT2D eigenvalue weighted by Crippen LogP contribution is 2.46. The van der Waals surface area contributed by atoms with Crippen LogP contribution in [0.2, 0.25) is 0 Å². The molecule has 3 amide bonds. The monoisotopic (exact) mass is 457 g/mol. The first-order valence-electron chi connectivity index (χ1n) is 12.1. The van der Waals surface area contributed by atoms with Crippen LogP contribution < -0.4 is 10.1 Å². The van der Waals surface area contributed by atoms with E-state index in [1.807, 2.05) is 24.3 Å². The number of likely N-dealkylation sites (tertiary alicyclic amines) is 1. The largest absolute Gasteiger partial charge is 0.497 e. The number of methoxy groups -OCH3 is 1. The predicted molar refractivity (Wildman–Crippen MR) is 122 cm³/mol. The van der Waals surface area contributed by atoms with E-state index in [2.05, 4.69) is 19.2 Å². The Bertz CT molecular complexity index is 883. The van der Waals surface area contributed by atoms with Crippen molar-refractivity contribution in [2.45, 2.75) is 70.6 Å². The average molecular weight is 458 g/mol. The quantitative estimate of drug-likeness (QED) is 0.604. The van der Waals surface area contributed by atoms with E-state index >= 15 is 0 Å². The minimum Gasteiger partial charge on any atom is -0.497 e. The van der Waals surface area contributed by atoms with Gasteiger partial charge in [0.2, 0.25) is 11.8 Å². The van der Waals surface area contributed by atoms with Gasteiger partial charge in [-0.25, -0.2) is 0 Å². The summed E-state index contributed by atoms with van der Waals surface area (Å²) < 4.78 is 5.38. The van der Waals surface area contributed by atoms with E-state index in [0.717, 1.165) is 44.1 Å². The van der Waals surface area contributed by atoms with Crippen LogP contribution in [0.5, 0.6) is 5.75 Å². The number of carbonyl (C=O) groups excluding carboxylic acids is 3. The van der Waals surface area contributed by atoms with Gasteiger partial charge in [0.05, 0.1) is 19.1 Å². The van der Waals surface area contributed by atoms with Crippen LogP contribution in [0.3, 0.4) is 0 Å². The Balaban J connectivity index is 1.58. The molecule has 3 aliphatic rings. The van der Waals surface area contributed by atoms with E-state index in [1.165, 1.54) is 9.96 Å². The third kappa shape index (κ3) is 4.92. The van der Waals surface area contributed by atoms with Crippen LogP contribution in [0.1, 0.15) is 64.0 Å². The van der Waals surface area contributed by atoms with Gasteiger partial charge >= 0.3 is 0 Å². The maximum Gasteiger partial charge on any atom is 0.261 e. The first-order valence-corrected chi connectivity index (χ1v) is 12.1. The number of nitrogens with zero attached hydrogens (tertiary/aromatic N) is 2. The fraction of sp³-hybridized carbons (Fsp3) is 0.640. The molecule has 33 heavy (non-hydrogen) atoms. The molecule has 0 aromatic heterocycles. The van der Waals surface area contributed by atoms with Gasteiger partial charge < -0.3 is 10.1 Å². The number of carbonyl (C=O) groups is 3. The lowest BCUT2D eigenvalue weighted by Gasteiger charge is -2.32. The zero-order chi connectivity index (χ0) is 23.5. The SMILES string of the molecule is COc1cccc(C2C3C(=O)N(C4CCCCC4)C(=O)C3ON2CC(=O)NCCC(C)C)c1. The second kappa shape index (κ2) is 10.2. The van der Waals surface area contributed by atoms with Crippen LogP contribution in [0.4, 0.5) is 0 Å². The van der Waals surface area contributed by atoms with Gasteiger partial charge in [0.1, 0.15) is 12.3 Å². The van der Waals surface area contributed by atoms with Crippen molar-refractivity contribution < 1.29 is 24.0 Å². The van der Waals surface area contributed by atoms with Crippen LogP contribution in [0, 0.1) is 11.8 Å². The van der Waals surface area contributed by atoms with Crippen molar-refractivity contribution in [1.29, 1.82) is 0 Å². The molecule has 4 rings (SSSR count). The van der Waals surface area contributed by atoms with Crippen LogP contribution in [-0.2, 0) is 19.2 Å². The molecule has 1 aromatic rings. The molecule has 0 radical (unpaired) electrons. The summed E-state index contributed by atoms with van der Waals surface area (Å²) >= 11 is 0. The van der Waals surface area contributed by atoms with Gasteiger partial charge in [-0.05, 0) is 42.9 Å². The normalized spacial score (nSPS) is 26.2. The first-order chi connectivity index (χ1) is 15.9. The molecule has 1 aromatic carbocycles. The molecule has 0 spiro atoms. The third-order valence-electron chi connectivity index (χ3n) is 6.95. The summed E-state index contributed by atoms with van der Waals surface area (Å²) in [6.45, 7) is 4.74. The maximum atomic E-state index is 13.6. The lowest BCUT2D eigenvalue weighted by molar-refractivity contribution is -0.183. The number of imide groups is 1. The molecule has 2 aliphatic heterocycles. The van der Waals surface area contributed by atoms with Gasteiger partial charge in [0.15, 0.2) is 6.10 Å². The zero-order valence-electron chi connectivity index (χ0n) is 19.8. The highest BCUT2D eigenvalue weighted by Gasteiger charge is 2.60. The maximum absolute atomic E-state index is 13.6. The van der Waals surface area contributed by atoms with Crippen molar-refractivity contribution in [3.63, 3.8) is 0 Å². The summed E-state index contributed by atoms with van der Waals surface area (Å²) in [5, 5.41) is 4.44. The minimum atomic E-state index is -0.890. The number of rotatable bonds is 8. The lowest BCUT2D eigenvalue weighted by Crippen LogP contribution is -2.45. The lowest BCUT2D eigenvalue weighted by atomic mass is 9.90. The number of hydrogen-bond donors (Lipinski definition) is 1. The van der Waals surface area contributed by atoms with Crippen LogP contribution >= 0.6 is 0 Å². The third-order valence-corrected chi connectivity index (χ3v) is 6.95. The Morgan fingerprint density at radius 1 is 1.18 bits per heavy atom. The van der Waals surface area contributed by atoms with Crippen LogP contribution in [0.15, 0.2) is 24.3 Å². The van der Waals surface area contributed by atoms with E-state index < -0.39 is 18.1 Å². The van der Waals surface area contributed by atoms with Crippen molar-refractivity contribution in [1.82, 2.24) is 15.3 Å². The molecule has 8 heteroatoms. The summed E-state index contributed by atoms with van der Waals surface area (Å²) in [4.78, 5) is 47.0. The highest BCUT2D eigenvalue weighted by atomic mass is 16.7. The number of amides is 3. The van der Waals surface area contributed by atoms with Crippen molar-refractivity contribution in [2.75, 3.05) is 20.2 Å². The summed E-state index contributed by atoms with van der Waals surface area (Å²) in [5.41, 5.74) is 0.795. The van der Waals surface area contributed by atoms with Crippen molar-refractivity contribution in [3.05, 3.63) is 29.8 Å². The molecule has 1 N–H and O–H groups in total. The summed E-state index contributed by atoms with van der Waals surface area (Å²) in [6.07, 6.45) is 4.89. The highest BCUT2D eigenvalue weighted by molar-refractivity contribution is 6.07. The molecule has 3 unspecified atom stereocenters. The number of hydrogen-bond acceptors (Lipinski definition) is 6. The van der Waals surface area contributed by atoms with Gasteiger partial charge in [-0.1, -0.05) is 45.2 Å². The molecule has 0 bridgehead atoms. The molecule has 1 saturated carbocycles. The number of ether oxygens (including phenoxy) is 1. The second-order valence-corrected chi connectivity index (χ2v) is 9.72. The van der Waals surface area contributed by atoms with Crippen molar-refractivity contribution in [2.24, 2.45) is 11.8 Å². The standard InChI is InChI=1S/C25H35N3O5/c1-16(2)12-13-26-20(29)15-27-22(17-8-7-11-19(14-17)32-3)21-23(33-27)25(31)28(24(21)30)18-9-5-4-6-10-18/h7-8,11,14,16,18,21-23H,4-6,9-10,12-13,15H2,1-3H3,(H,26,29). The molecule has 1 aliphatic carbocycles. The Morgan fingerprint density at radius 3 is 2.64 bits per heavy atom. The number of nitrogens with one attached hydrogen (secondary N) is 1. The molecule has 8 nitrogen and oxygen atoms in total. The van der Waals surface area contributed by atoms with E-state index in [4.69, 9.17) is 9.57 Å². The van der Waals surface area contributed by atoms with Gasteiger partial charge in [-0.2, -0.15) is 5.06 Å². The Kier molecular flexibility index (Phi) is 7.34. The smallest absolute Gasteiger partial charge is 0.261 e. The van der Waals surface area contributed by atoms with Gasteiger partial charge in [0, 0.05) is 12.6 Å². The van der Waals surface area contributed by atoms with E-state index in [1.54, 1.807) is 7.11 Å². The summed E-state index contributed by atoms with van der Waals surface area (Å²) in [6, 6.07) is 6.83. The molecule has 2 saturated heterocycles. The minimum absolute atomic E-state index is 0.0447. The summed E-state index contributed by atoms with van der Waals surface area (Å²) in [7, 11) is 1.59. The van der Waals surface area contributed by atoms with Gasteiger partial charge in [-0.15, -0.1) is 0 Å². The molecular weight excluding hydrogens is 422 g/mol. The first kappa shape index (κ1) is 23.7. The molecule has 3 fully saturated rings. The fourth-order valence-electron chi connectivity index (χ4n) is 5.22. The van der Waals surface area contributed by atoms with E-state index in [9.17, 15) is 14.4 Å². The van der Waals surface area contributed by atoms with E-state index in [0.29, 0.717) is 18.2 Å². The van der Waals surface area contributed by atoms with Crippen molar-refractivity contribution >= 4 is 17.7 Å². The Hall–Kier alpha value is -2.45.